The number of carbonyl (C=O) groups excluding carboxylic acids is 2. The van der Waals surface area contributed by atoms with Gasteiger partial charge in [0.05, 0.1) is 19.1 Å². The smallest absolute Gasteiger partial charge is 0.225 e. The SMILES string of the molecule is CN1CCN(C(=O)C[C@@H]2C[C@H]3c4cc(NC(=O)CC5CC5)ccc4O[C@H]3[C@@H](CO)O2)CC1. The van der Waals surface area contributed by atoms with Crippen molar-refractivity contribution in [1.82, 2.24) is 9.80 Å². The monoisotopic (exact) mass is 443 g/mol. The Morgan fingerprint density at radius 2 is 1.94 bits per heavy atom. The lowest BCUT2D eigenvalue weighted by Gasteiger charge is -2.38. The lowest BCUT2D eigenvalue weighted by Crippen LogP contribution is -2.50. The van der Waals surface area contributed by atoms with Crippen molar-refractivity contribution in [3.63, 3.8) is 0 Å². The molecule has 8 nitrogen and oxygen atoms in total. The summed E-state index contributed by atoms with van der Waals surface area (Å²) < 4.78 is 12.2. The Morgan fingerprint density at radius 3 is 2.66 bits per heavy atom. The van der Waals surface area contributed by atoms with Crippen molar-refractivity contribution in [3.05, 3.63) is 23.8 Å². The topological polar surface area (TPSA) is 91.3 Å². The Bertz CT molecular complexity index is 865. The Hall–Kier alpha value is -2.16. The molecule has 3 heterocycles. The van der Waals surface area contributed by atoms with Crippen LogP contribution in [0.2, 0.25) is 0 Å². The van der Waals surface area contributed by atoms with Gasteiger partial charge in [-0.05, 0) is 50.4 Å². The second-order valence-electron chi connectivity index (χ2n) is 9.74. The van der Waals surface area contributed by atoms with Crippen LogP contribution in [0, 0.1) is 5.92 Å². The van der Waals surface area contributed by atoms with Gasteiger partial charge in [0, 0.05) is 49.8 Å². The fraction of sp³-hybridized carbons (Fsp3) is 0.667. The molecule has 0 aromatic heterocycles. The molecule has 1 aliphatic carbocycles. The molecular formula is C24H33N3O5. The number of rotatable bonds is 6. The quantitative estimate of drug-likeness (QED) is 0.694. The molecule has 1 aromatic carbocycles. The molecule has 8 heteroatoms. The number of likely N-dealkylation sites (N-methyl/N-ethyl adjacent to an activating group) is 1. The number of aliphatic hydroxyl groups is 1. The van der Waals surface area contributed by atoms with E-state index in [2.05, 4.69) is 17.3 Å². The van der Waals surface area contributed by atoms with Gasteiger partial charge in [-0.15, -0.1) is 0 Å². The molecule has 0 unspecified atom stereocenters. The fourth-order valence-electron chi connectivity index (χ4n) is 5.14. The zero-order chi connectivity index (χ0) is 22.2. The highest BCUT2D eigenvalue weighted by molar-refractivity contribution is 5.91. The molecule has 0 spiro atoms. The van der Waals surface area contributed by atoms with Crippen LogP contribution in [0.25, 0.3) is 0 Å². The Morgan fingerprint density at radius 1 is 1.16 bits per heavy atom. The van der Waals surface area contributed by atoms with E-state index >= 15 is 0 Å². The van der Waals surface area contributed by atoms with Crippen molar-refractivity contribution >= 4 is 17.5 Å². The number of fused-ring (bicyclic) bond motifs is 3. The van der Waals surface area contributed by atoms with Crippen molar-refractivity contribution < 1.29 is 24.2 Å². The second-order valence-corrected chi connectivity index (χ2v) is 9.74. The van der Waals surface area contributed by atoms with Crippen molar-refractivity contribution in [2.75, 3.05) is 45.2 Å². The number of benzene rings is 1. The van der Waals surface area contributed by atoms with Crippen LogP contribution in [-0.4, -0.2) is 84.9 Å². The van der Waals surface area contributed by atoms with Gasteiger partial charge >= 0.3 is 0 Å². The first kappa shape index (κ1) is 21.7. The number of piperazine rings is 1. The summed E-state index contributed by atoms with van der Waals surface area (Å²) in [6, 6.07) is 5.74. The average Bonchev–Trinajstić information content (AvgIpc) is 3.52. The molecule has 1 aromatic rings. The lowest BCUT2D eigenvalue weighted by molar-refractivity contribution is -0.150. The first-order valence-corrected chi connectivity index (χ1v) is 11.8. The van der Waals surface area contributed by atoms with Gasteiger partial charge in [0.15, 0.2) is 0 Å². The van der Waals surface area contributed by atoms with Crippen LogP contribution in [-0.2, 0) is 14.3 Å². The molecule has 4 aliphatic rings. The van der Waals surface area contributed by atoms with Gasteiger partial charge in [-0.2, -0.15) is 0 Å². The van der Waals surface area contributed by atoms with Crippen molar-refractivity contribution in [1.29, 1.82) is 0 Å². The minimum Gasteiger partial charge on any atom is -0.487 e. The summed E-state index contributed by atoms with van der Waals surface area (Å²) in [5.74, 6) is 1.50. The zero-order valence-corrected chi connectivity index (χ0v) is 18.7. The Labute approximate surface area is 188 Å². The van der Waals surface area contributed by atoms with Gasteiger partial charge in [-0.25, -0.2) is 0 Å². The van der Waals surface area contributed by atoms with E-state index in [1.807, 2.05) is 23.1 Å². The van der Waals surface area contributed by atoms with Crippen molar-refractivity contribution in [2.24, 2.45) is 5.92 Å². The molecule has 0 radical (unpaired) electrons. The van der Waals surface area contributed by atoms with Crippen LogP contribution >= 0.6 is 0 Å². The lowest BCUT2D eigenvalue weighted by atomic mass is 9.84. The highest BCUT2D eigenvalue weighted by Crippen LogP contribution is 2.47. The molecule has 32 heavy (non-hydrogen) atoms. The van der Waals surface area contributed by atoms with Crippen molar-refractivity contribution in [2.45, 2.75) is 56.3 Å². The third kappa shape index (κ3) is 4.63. The summed E-state index contributed by atoms with van der Waals surface area (Å²) in [6.45, 7) is 3.11. The maximum atomic E-state index is 12.9. The molecule has 2 saturated heterocycles. The predicted octanol–water partition coefficient (Wildman–Crippen LogP) is 1.58. The van der Waals surface area contributed by atoms with Crippen LogP contribution in [0.1, 0.15) is 43.6 Å². The summed E-state index contributed by atoms with van der Waals surface area (Å²) in [4.78, 5) is 29.2. The standard InChI is InChI=1S/C24H33N3O5/c1-26-6-8-27(9-7-26)23(30)13-17-12-19-18-11-16(25-22(29)10-15-2-3-15)4-5-20(18)32-24(19)21(14-28)31-17/h4-5,11,15,17,19,21,24,28H,2-3,6-10,12-14H2,1H3,(H,25,29)/t17-,19-,21+,24+/m0/s1. The maximum Gasteiger partial charge on any atom is 0.225 e. The number of hydrogen-bond acceptors (Lipinski definition) is 6. The first-order chi connectivity index (χ1) is 15.5. The molecule has 3 aliphatic heterocycles. The van der Waals surface area contributed by atoms with Gasteiger partial charge < -0.3 is 29.7 Å². The van der Waals surface area contributed by atoms with Crippen LogP contribution in [0.3, 0.4) is 0 Å². The molecule has 0 bridgehead atoms. The Kier molecular flexibility index (Phi) is 6.09. The number of anilines is 1. The minimum absolute atomic E-state index is 0.0291. The van der Waals surface area contributed by atoms with E-state index in [0.717, 1.165) is 56.0 Å². The summed E-state index contributed by atoms with van der Waals surface area (Å²) >= 11 is 0. The van der Waals surface area contributed by atoms with Crippen LogP contribution in [0.15, 0.2) is 18.2 Å². The highest BCUT2D eigenvalue weighted by Gasteiger charge is 2.46. The average molecular weight is 444 g/mol. The molecule has 2 amide bonds. The van der Waals surface area contributed by atoms with Gasteiger partial charge in [0.2, 0.25) is 11.8 Å². The van der Waals surface area contributed by atoms with E-state index in [4.69, 9.17) is 9.47 Å². The minimum atomic E-state index is -0.473. The number of nitrogens with one attached hydrogen (secondary N) is 1. The maximum absolute atomic E-state index is 12.9. The largest absolute Gasteiger partial charge is 0.487 e. The molecule has 4 atom stereocenters. The van der Waals surface area contributed by atoms with Crippen molar-refractivity contribution in [3.8, 4) is 5.75 Å². The summed E-state index contributed by atoms with van der Waals surface area (Å²) in [5.41, 5.74) is 1.80. The highest BCUT2D eigenvalue weighted by atomic mass is 16.6. The first-order valence-electron chi connectivity index (χ1n) is 11.8. The number of nitrogens with zero attached hydrogens (tertiary/aromatic N) is 2. The van der Waals surface area contributed by atoms with Crippen LogP contribution < -0.4 is 10.1 Å². The van der Waals surface area contributed by atoms with Gasteiger partial charge in [-0.3, -0.25) is 9.59 Å². The molecule has 3 fully saturated rings. The van der Waals surface area contributed by atoms with Crippen LogP contribution in [0.5, 0.6) is 5.75 Å². The second kappa shape index (κ2) is 9.00. The summed E-state index contributed by atoms with van der Waals surface area (Å²) in [6.07, 6.45) is 2.84. The molecule has 2 N–H and O–H groups in total. The molecular weight excluding hydrogens is 410 g/mol. The third-order valence-corrected chi connectivity index (χ3v) is 7.21. The van der Waals surface area contributed by atoms with E-state index in [0.29, 0.717) is 25.2 Å². The Balaban J connectivity index is 1.27. The van der Waals surface area contributed by atoms with Gasteiger partial charge in [0.1, 0.15) is 18.0 Å². The number of amides is 2. The van der Waals surface area contributed by atoms with Gasteiger partial charge in [0.25, 0.3) is 0 Å². The fourth-order valence-corrected chi connectivity index (χ4v) is 5.14. The zero-order valence-electron chi connectivity index (χ0n) is 18.7. The predicted molar refractivity (Wildman–Crippen MR) is 119 cm³/mol. The van der Waals surface area contributed by atoms with Crippen LogP contribution in [0.4, 0.5) is 5.69 Å². The third-order valence-electron chi connectivity index (χ3n) is 7.21. The van der Waals surface area contributed by atoms with E-state index in [-0.39, 0.29) is 36.5 Å². The van der Waals surface area contributed by atoms with E-state index < -0.39 is 6.10 Å². The van der Waals surface area contributed by atoms with E-state index in [9.17, 15) is 14.7 Å². The van der Waals surface area contributed by atoms with E-state index in [1.54, 1.807) is 0 Å². The normalized spacial score (nSPS) is 29.8. The number of ether oxygens (including phenoxy) is 2. The van der Waals surface area contributed by atoms with E-state index in [1.165, 1.54) is 0 Å². The number of hydrogen-bond donors (Lipinski definition) is 2. The number of carbonyl (C=O) groups is 2. The van der Waals surface area contributed by atoms with Gasteiger partial charge in [-0.1, -0.05) is 0 Å². The molecule has 174 valence electrons. The molecule has 5 rings (SSSR count). The molecule has 1 saturated carbocycles. The summed E-state index contributed by atoms with van der Waals surface area (Å²) in [5, 5.41) is 13.0. The summed E-state index contributed by atoms with van der Waals surface area (Å²) in [7, 11) is 2.07. The number of aliphatic hydroxyl groups excluding tert-OH is 1.